The number of nitrogens with zero attached hydrogens (tertiary/aromatic N) is 4. The molecule has 29 heavy (non-hydrogen) atoms. The van der Waals surface area contributed by atoms with E-state index in [2.05, 4.69) is 26.0 Å². The number of benzene rings is 1. The summed E-state index contributed by atoms with van der Waals surface area (Å²) in [6.45, 7) is 1.43. The van der Waals surface area contributed by atoms with Crippen LogP contribution in [0.15, 0.2) is 61.1 Å². The molecule has 1 aromatic carbocycles. The summed E-state index contributed by atoms with van der Waals surface area (Å²) < 4.78 is 2.20. The average molecular weight is 383 g/mol. The molecule has 0 atom stereocenters. The fraction of sp³-hybridized carbons (Fsp3) is 0.217. The third-order valence-electron chi connectivity index (χ3n) is 5.31. The van der Waals surface area contributed by atoms with Crippen LogP contribution in [0.1, 0.15) is 34.7 Å². The maximum Gasteiger partial charge on any atom is 0.252 e. The van der Waals surface area contributed by atoms with Crippen LogP contribution >= 0.6 is 0 Å². The van der Waals surface area contributed by atoms with Crippen LogP contribution in [0, 0.1) is 0 Å². The summed E-state index contributed by atoms with van der Waals surface area (Å²) in [5, 5.41) is 3.87. The Bertz CT molecular complexity index is 1160. The van der Waals surface area contributed by atoms with Crippen LogP contribution in [0.4, 0.5) is 0 Å². The topological polar surface area (TPSA) is 72.7 Å². The zero-order chi connectivity index (χ0) is 19.6. The summed E-state index contributed by atoms with van der Waals surface area (Å²) in [5.41, 5.74) is 3.92. The highest BCUT2D eigenvalue weighted by atomic mass is 16.1. The molecule has 0 radical (unpaired) electrons. The van der Waals surface area contributed by atoms with E-state index in [1.807, 2.05) is 42.5 Å². The fourth-order valence-electron chi connectivity index (χ4n) is 3.85. The molecule has 0 fully saturated rings. The molecule has 0 unspecified atom stereocenters. The number of imidazole rings is 1. The Morgan fingerprint density at radius 2 is 2.03 bits per heavy atom. The van der Waals surface area contributed by atoms with Crippen molar-refractivity contribution < 1.29 is 4.79 Å². The Balaban J connectivity index is 1.45. The van der Waals surface area contributed by atoms with E-state index < -0.39 is 0 Å². The standard InChI is InChI=1S/C23H21N5O/c29-23(25-14-17-15-28-11-4-3-9-22(28)26-17)19-12-21(16-6-5-10-24-13-16)27-20-8-2-1-7-18(19)20/h1-2,5-8,10,12-13,15H,3-4,9,11,14H2,(H,25,29). The first kappa shape index (κ1) is 17.6. The predicted molar refractivity (Wildman–Crippen MR) is 111 cm³/mol. The number of fused-ring (bicyclic) bond motifs is 2. The Labute approximate surface area is 168 Å². The summed E-state index contributed by atoms with van der Waals surface area (Å²) in [5.74, 6) is 0.994. The molecule has 6 nitrogen and oxygen atoms in total. The second-order valence-corrected chi connectivity index (χ2v) is 7.30. The second-order valence-electron chi connectivity index (χ2n) is 7.30. The molecule has 0 bridgehead atoms. The first-order valence-electron chi connectivity index (χ1n) is 9.91. The number of hydrogen-bond donors (Lipinski definition) is 1. The number of carbonyl (C=O) groups excluding carboxylic acids is 1. The highest BCUT2D eigenvalue weighted by molar-refractivity contribution is 6.07. The molecule has 3 aromatic heterocycles. The SMILES string of the molecule is O=C(NCc1cn2c(n1)CCCC2)c1cc(-c2cccnc2)nc2ccccc12. The predicted octanol–water partition coefficient (Wildman–Crippen LogP) is 3.76. The lowest BCUT2D eigenvalue weighted by atomic mass is 10.0. The molecule has 4 aromatic rings. The molecule has 0 spiro atoms. The number of aryl methyl sites for hydroxylation is 2. The summed E-state index contributed by atoms with van der Waals surface area (Å²) in [4.78, 5) is 26.6. The number of rotatable bonds is 4. The molecule has 0 saturated heterocycles. The van der Waals surface area contributed by atoms with Crippen molar-refractivity contribution in [2.24, 2.45) is 0 Å². The summed E-state index contributed by atoms with van der Waals surface area (Å²) in [6.07, 6.45) is 8.92. The van der Waals surface area contributed by atoms with Crippen molar-refractivity contribution in [3.63, 3.8) is 0 Å². The number of carbonyl (C=O) groups is 1. The molecule has 1 amide bonds. The minimum absolute atomic E-state index is 0.125. The minimum Gasteiger partial charge on any atom is -0.346 e. The Morgan fingerprint density at radius 3 is 2.90 bits per heavy atom. The van der Waals surface area contributed by atoms with Crippen LogP contribution in [0.25, 0.3) is 22.2 Å². The van der Waals surface area contributed by atoms with Gasteiger partial charge in [-0.15, -0.1) is 0 Å². The molecule has 1 N–H and O–H groups in total. The molecular weight excluding hydrogens is 362 g/mol. The number of para-hydroxylation sites is 1. The Kier molecular flexibility index (Phi) is 4.52. The monoisotopic (exact) mass is 383 g/mol. The van der Waals surface area contributed by atoms with Gasteiger partial charge in [0.05, 0.1) is 29.0 Å². The van der Waals surface area contributed by atoms with Gasteiger partial charge in [-0.25, -0.2) is 9.97 Å². The van der Waals surface area contributed by atoms with Crippen molar-refractivity contribution in [3.8, 4) is 11.3 Å². The van der Waals surface area contributed by atoms with E-state index in [0.29, 0.717) is 12.1 Å². The van der Waals surface area contributed by atoms with Crippen LogP contribution in [-0.2, 0) is 19.5 Å². The third kappa shape index (κ3) is 3.49. The highest BCUT2D eigenvalue weighted by Gasteiger charge is 2.16. The van der Waals surface area contributed by atoms with Crippen LogP contribution in [0.5, 0.6) is 0 Å². The molecule has 0 saturated carbocycles. The van der Waals surface area contributed by atoms with E-state index in [0.717, 1.165) is 46.6 Å². The number of hydrogen-bond acceptors (Lipinski definition) is 4. The summed E-state index contributed by atoms with van der Waals surface area (Å²) in [6, 6.07) is 13.4. The minimum atomic E-state index is -0.125. The van der Waals surface area contributed by atoms with Crippen LogP contribution in [-0.4, -0.2) is 25.4 Å². The zero-order valence-corrected chi connectivity index (χ0v) is 16.0. The Hall–Kier alpha value is -3.54. The summed E-state index contributed by atoms with van der Waals surface area (Å²) in [7, 11) is 0. The molecule has 144 valence electrons. The van der Waals surface area contributed by atoms with Gasteiger partial charge in [-0.3, -0.25) is 9.78 Å². The molecule has 4 heterocycles. The van der Waals surface area contributed by atoms with Gasteiger partial charge in [-0.05, 0) is 37.1 Å². The van der Waals surface area contributed by atoms with E-state index >= 15 is 0 Å². The van der Waals surface area contributed by atoms with Gasteiger partial charge < -0.3 is 9.88 Å². The van der Waals surface area contributed by atoms with Gasteiger partial charge in [0, 0.05) is 42.5 Å². The lowest BCUT2D eigenvalue weighted by Crippen LogP contribution is -2.23. The molecular formula is C23H21N5O. The van der Waals surface area contributed by atoms with Gasteiger partial charge in [0.25, 0.3) is 5.91 Å². The van der Waals surface area contributed by atoms with Crippen LogP contribution < -0.4 is 5.32 Å². The lowest BCUT2D eigenvalue weighted by molar-refractivity contribution is 0.0952. The number of aromatic nitrogens is 4. The lowest BCUT2D eigenvalue weighted by Gasteiger charge is -2.11. The second kappa shape index (κ2) is 7.47. The highest BCUT2D eigenvalue weighted by Crippen LogP contribution is 2.24. The quantitative estimate of drug-likeness (QED) is 0.582. The summed E-state index contributed by atoms with van der Waals surface area (Å²) >= 11 is 0. The van der Waals surface area contributed by atoms with Crippen LogP contribution in [0.3, 0.4) is 0 Å². The molecule has 1 aliphatic heterocycles. The zero-order valence-electron chi connectivity index (χ0n) is 16.0. The smallest absolute Gasteiger partial charge is 0.252 e. The van der Waals surface area contributed by atoms with Gasteiger partial charge >= 0.3 is 0 Å². The molecule has 0 aliphatic carbocycles. The van der Waals surface area contributed by atoms with Gasteiger partial charge in [0.1, 0.15) is 5.82 Å². The fourth-order valence-corrected chi connectivity index (χ4v) is 3.85. The average Bonchev–Trinajstić information content (AvgIpc) is 3.20. The van der Waals surface area contributed by atoms with Crippen molar-refractivity contribution in [3.05, 3.63) is 78.1 Å². The molecule has 5 rings (SSSR count). The van der Waals surface area contributed by atoms with Gasteiger partial charge in [-0.1, -0.05) is 18.2 Å². The maximum atomic E-state index is 13.1. The van der Waals surface area contributed by atoms with Crippen molar-refractivity contribution >= 4 is 16.8 Å². The largest absolute Gasteiger partial charge is 0.346 e. The van der Waals surface area contributed by atoms with Crippen molar-refractivity contribution in [2.45, 2.75) is 32.4 Å². The third-order valence-corrected chi connectivity index (χ3v) is 5.31. The van der Waals surface area contributed by atoms with E-state index in [4.69, 9.17) is 4.98 Å². The first-order valence-corrected chi connectivity index (χ1v) is 9.91. The number of nitrogens with one attached hydrogen (secondary N) is 1. The Morgan fingerprint density at radius 1 is 1.10 bits per heavy atom. The normalized spacial score (nSPS) is 13.2. The molecule has 1 aliphatic rings. The number of pyridine rings is 2. The first-order chi connectivity index (χ1) is 14.3. The van der Waals surface area contributed by atoms with Crippen molar-refractivity contribution in [1.29, 1.82) is 0 Å². The van der Waals surface area contributed by atoms with Crippen molar-refractivity contribution in [1.82, 2.24) is 24.8 Å². The van der Waals surface area contributed by atoms with E-state index in [-0.39, 0.29) is 5.91 Å². The van der Waals surface area contributed by atoms with Gasteiger partial charge in [0.2, 0.25) is 0 Å². The van der Waals surface area contributed by atoms with E-state index in [9.17, 15) is 4.79 Å². The maximum absolute atomic E-state index is 13.1. The molecule has 6 heteroatoms. The van der Waals surface area contributed by atoms with Crippen LogP contribution in [0.2, 0.25) is 0 Å². The van der Waals surface area contributed by atoms with E-state index in [1.54, 1.807) is 12.4 Å². The van der Waals surface area contributed by atoms with E-state index in [1.165, 1.54) is 12.8 Å². The van der Waals surface area contributed by atoms with Gasteiger partial charge in [-0.2, -0.15) is 0 Å². The number of amides is 1. The van der Waals surface area contributed by atoms with Gasteiger partial charge in [0.15, 0.2) is 0 Å². The van der Waals surface area contributed by atoms with Crippen molar-refractivity contribution in [2.75, 3.05) is 0 Å².